The summed E-state index contributed by atoms with van der Waals surface area (Å²) in [5, 5.41) is 2.87. The standard InChI is InChI=1S/C13H21BrN4O/c1-5-18(7-11(19)17-8(2)3)13-12(14)9(4)10(15)6-16-13/h6,8H,5,7,15H2,1-4H3,(H,17,19). The summed E-state index contributed by atoms with van der Waals surface area (Å²) in [5.41, 5.74) is 7.38. The smallest absolute Gasteiger partial charge is 0.239 e. The summed E-state index contributed by atoms with van der Waals surface area (Å²) >= 11 is 3.50. The Morgan fingerprint density at radius 1 is 1.58 bits per heavy atom. The van der Waals surface area contributed by atoms with E-state index in [1.54, 1.807) is 6.20 Å². The second-order valence-corrected chi connectivity index (χ2v) is 5.51. The van der Waals surface area contributed by atoms with Gasteiger partial charge >= 0.3 is 0 Å². The van der Waals surface area contributed by atoms with E-state index in [9.17, 15) is 4.79 Å². The topological polar surface area (TPSA) is 71.2 Å². The van der Waals surface area contributed by atoms with Gasteiger partial charge in [0, 0.05) is 12.6 Å². The number of rotatable bonds is 5. The average molecular weight is 329 g/mol. The van der Waals surface area contributed by atoms with Crippen molar-refractivity contribution in [1.82, 2.24) is 10.3 Å². The Bertz CT molecular complexity index is 462. The molecule has 1 aromatic rings. The van der Waals surface area contributed by atoms with Gasteiger partial charge in [0.05, 0.1) is 22.9 Å². The number of carbonyl (C=O) groups is 1. The van der Waals surface area contributed by atoms with Crippen molar-refractivity contribution < 1.29 is 4.79 Å². The number of nitrogens with one attached hydrogen (secondary N) is 1. The van der Waals surface area contributed by atoms with Crippen molar-refractivity contribution in [1.29, 1.82) is 0 Å². The number of pyridine rings is 1. The molecule has 0 aromatic carbocycles. The highest BCUT2D eigenvalue weighted by molar-refractivity contribution is 9.10. The van der Waals surface area contributed by atoms with E-state index in [0.29, 0.717) is 12.2 Å². The molecule has 106 valence electrons. The number of nitrogens with two attached hydrogens (primary N) is 1. The first-order valence-electron chi connectivity index (χ1n) is 6.31. The maximum Gasteiger partial charge on any atom is 0.239 e. The fraction of sp³-hybridized carbons (Fsp3) is 0.538. The van der Waals surface area contributed by atoms with Crippen LogP contribution < -0.4 is 16.0 Å². The fourth-order valence-electron chi connectivity index (χ4n) is 1.68. The Morgan fingerprint density at radius 3 is 2.74 bits per heavy atom. The Labute approximate surface area is 122 Å². The molecular formula is C13H21BrN4O. The number of nitrogens with zero attached hydrogens (tertiary/aromatic N) is 2. The van der Waals surface area contributed by atoms with Gasteiger partial charge in [0.25, 0.3) is 0 Å². The van der Waals surface area contributed by atoms with Crippen molar-refractivity contribution in [2.75, 3.05) is 23.7 Å². The quantitative estimate of drug-likeness (QED) is 0.868. The molecule has 0 saturated carbocycles. The zero-order valence-corrected chi connectivity index (χ0v) is 13.4. The number of amides is 1. The van der Waals surface area contributed by atoms with Crippen LogP contribution in [0.5, 0.6) is 0 Å². The minimum absolute atomic E-state index is 0.0139. The van der Waals surface area contributed by atoms with Crippen molar-refractivity contribution >= 4 is 33.3 Å². The van der Waals surface area contributed by atoms with Gasteiger partial charge in [-0.25, -0.2) is 4.98 Å². The largest absolute Gasteiger partial charge is 0.397 e. The van der Waals surface area contributed by atoms with Gasteiger partial charge in [-0.2, -0.15) is 0 Å². The monoisotopic (exact) mass is 328 g/mol. The lowest BCUT2D eigenvalue weighted by molar-refractivity contribution is -0.120. The molecule has 3 N–H and O–H groups in total. The van der Waals surface area contributed by atoms with Crippen LogP contribution >= 0.6 is 15.9 Å². The average Bonchev–Trinajstić information content (AvgIpc) is 2.33. The first-order chi connectivity index (χ1) is 8.86. The van der Waals surface area contributed by atoms with Gasteiger partial charge in [-0.15, -0.1) is 0 Å². The molecular weight excluding hydrogens is 308 g/mol. The van der Waals surface area contributed by atoms with Crippen molar-refractivity contribution in [3.05, 3.63) is 16.2 Å². The van der Waals surface area contributed by atoms with Crippen molar-refractivity contribution in [2.45, 2.75) is 33.7 Å². The highest BCUT2D eigenvalue weighted by Gasteiger charge is 2.16. The van der Waals surface area contributed by atoms with Gasteiger partial charge in [0.2, 0.25) is 5.91 Å². The van der Waals surface area contributed by atoms with Crippen LogP contribution in [0.15, 0.2) is 10.7 Å². The summed E-state index contributed by atoms with van der Waals surface area (Å²) in [7, 11) is 0. The molecule has 5 nitrogen and oxygen atoms in total. The third-order valence-corrected chi connectivity index (χ3v) is 3.70. The number of hydrogen-bond acceptors (Lipinski definition) is 4. The van der Waals surface area contributed by atoms with Gasteiger partial charge in [-0.05, 0) is 49.2 Å². The molecule has 6 heteroatoms. The molecule has 0 unspecified atom stereocenters. The highest BCUT2D eigenvalue weighted by Crippen LogP contribution is 2.30. The summed E-state index contributed by atoms with van der Waals surface area (Å²) in [4.78, 5) is 18.1. The Kier molecular flexibility index (Phi) is 5.60. The van der Waals surface area contributed by atoms with E-state index in [1.165, 1.54) is 0 Å². The van der Waals surface area contributed by atoms with Crippen LogP contribution in [0.2, 0.25) is 0 Å². The van der Waals surface area contributed by atoms with Crippen LogP contribution in [0.4, 0.5) is 11.5 Å². The molecule has 0 fully saturated rings. The van der Waals surface area contributed by atoms with Crippen LogP contribution in [-0.2, 0) is 4.79 Å². The van der Waals surface area contributed by atoms with E-state index in [2.05, 4.69) is 26.2 Å². The molecule has 19 heavy (non-hydrogen) atoms. The molecule has 0 aliphatic carbocycles. The molecule has 0 aliphatic rings. The van der Waals surface area contributed by atoms with Crippen LogP contribution in [0.25, 0.3) is 0 Å². The zero-order chi connectivity index (χ0) is 14.6. The number of nitrogen functional groups attached to an aromatic ring is 1. The molecule has 1 aromatic heterocycles. The zero-order valence-electron chi connectivity index (χ0n) is 11.8. The summed E-state index contributed by atoms with van der Waals surface area (Å²) < 4.78 is 0.840. The third-order valence-electron chi connectivity index (χ3n) is 2.75. The van der Waals surface area contributed by atoms with Crippen molar-refractivity contribution in [3.8, 4) is 0 Å². The second kappa shape index (κ2) is 6.75. The van der Waals surface area contributed by atoms with Crippen LogP contribution in [0.1, 0.15) is 26.3 Å². The summed E-state index contributed by atoms with van der Waals surface area (Å²) in [6.07, 6.45) is 1.62. The SMILES string of the molecule is CCN(CC(=O)NC(C)C)c1ncc(N)c(C)c1Br. The van der Waals surface area contributed by atoms with Gasteiger partial charge in [-0.1, -0.05) is 0 Å². The lowest BCUT2D eigenvalue weighted by Crippen LogP contribution is -2.40. The number of anilines is 2. The van der Waals surface area contributed by atoms with E-state index in [0.717, 1.165) is 15.9 Å². The van der Waals surface area contributed by atoms with Crippen LogP contribution in [0.3, 0.4) is 0 Å². The number of likely N-dealkylation sites (N-methyl/N-ethyl adjacent to an activating group) is 1. The molecule has 1 heterocycles. The first-order valence-corrected chi connectivity index (χ1v) is 7.11. The molecule has 0 saturated heterocycles. The number of hydrogen-bond donors (Lipinski definition) is 2. The fourth-order valence-corrected chi connectivity index (χ4v) is 2.26. The summed E-state index contributed by atoms with van der Waals surface area (Å²) in [6.45, 7) is 8.77. The van der Waals surface area contributed by atoms with E-state index >= 15 is 0 Å². The van der Waals surface area contributed by atoms with E-state index in [-0.39, 0.29) is 18.5 Å². The highest BCUT2D eigenvalue weighted by atomic mass is 79.9. The minimum Gasteiger partial charge on any atom is -0.397 e. The van der Waals surface area contributed by atoms with E-state index in [1.807, 2.05) is 32.6 Å². The van der Waals surface area contributed by atoms with Crippen molar-refractivity contribution in [3.63, 3.8) is 0 Å². The lowest BCUT2D eigenvalue weighted by Gasteiger charge is -2.24. The van der Waals surface area contributed by atoms with Gasteiger partial charge in [-0.3, -0.25) is 4.79 Å². The third kappa shape index (κ3) is 4.09. The van der Waals surface area contributed by atoms with Crippen LogP contribution in [-0.4, -0.2) is 30.0 Å². The molecule has 0 radical (unpaired) electrons. The molecule has 1 amide bonds. The molecule has 0 bridgehead atoms. The van der Waals surface area contributed by atoms with Gasteiger partial charge < -0.3 is 16.0 Å². The second-order valence-electron chi connectivity index (χ2n) is 4.71. The van der Waals surface area contributed by atoms with Crippen LogP contribution in [0, 0.1) is 6.92 Å². The Hall–Kier alpha value is -1.30. The van der Waals surface area contributed by atoms with Crippen molar-refractivity contribution in [2.24, 2.45) is 0 Å². The van der Waals surface area contributed by atoms with E-state index < -0.39 is 0 Å². The molecule has 1 rings (SSSR count). The predicted octanol–water partition coefficient (Wildman–Crippen LogP) is 2.09. The Morgan fingerprint density at radius 2 is 2.21 bits per heavy atom. The molecule has 0 aliphatic heterocycles. The lowest BCUT2D eigenvalue weighted by atomic mass is 10.2. The van der Waals surface area contributed by atoms with E-state index in [4.69, 9.17) is 5.73 Å². The first kappa shape index (κ1) is 15.8. The van der Waals surface area contributed by atoms with Gasteiger partial charge in [0.15, 0.2) is 0 Å². The summed E-state index contributed by atoms with van der Waals surface area (Å²) in [5.74, 6) is 0.730. The predicted molar refractivity (Wildman–Crippen MR) is 82.3 cm³/mol. The Balaban J connectivity index is 2.92. The number of carbonyl (C=O) groups excluding carboxylic acids is 1. The minimum atomic E-state index is -0.0139. The maximum atomic E-state index is 11.8. The number of aromatic nitrogens is 1. The molecule has 0 spiro atoms. The van der Waals surface area contributed by atoms with Gasteiger partial charge in [0.1, 0.15) is 5.82 Å². The maximum absolute atomic E-state index is 11.8. The summed E-state index contributed by atoms with van der Waals surface area (Å²) in [6, 6.07) is 0.135. The number of halogens is 1. The normalized spacial score (nSPS) is 10.6. The molecule has 0 atom stereocenters.